The third-order valence-electron chi connectivity index (χ3n) is 8.55. The Kier molecular flexibility index (Phi) is 40.3. The lowest BCUT2D eigenvalue weighted by Gasteiger charge is -2.20. The van der Waals surface area contributed by atoms with E-state index in [-0.39, 0.29) is 13.0 Å². The van der Waals surface area contributed by atoms with Crippen molar-refractivity contribution in [3.63, 3.8) is 0 Å². The maximum atomic E-state index is 12.6. The first-order chi connectivity index (χ1) is 28.7. The Morgan fingerprint density at radius 2 is 0.932 bits per heavy atom. The Morgan fingerprint density at radius 1 is 0.542 bits per heavy atom. The zero-order valence-electron chi connectivity index (χ0n) is 36.3. The second kappa shape index (κ2) is 42.7. The number of phosphoric acid groups is 1. The van der Waals surface area contributed by atoms with Gasteiger partial charge in [-0.1, -0.05) is 149 Å². The van der Waals surface area contributed by atoms with Gasteiger partial charge < -0.3 is 25.2 Å². The summed E-state index contributed by atoms with van der Waals surface area (Å²) in [6.07, 6.45) is 57.1. The second-order valence-electron chi connectivity index (χ2n) is 14.1. The fraction of sp³-hybridized carbons (Fsp3) is 0.583. The molecule has 3 atom stereocenters. The number of aliphatic carboxylic acids is 1. The van der Waals surface area contributed by atoms with E-state index >= 15 is 0 Å². The summed E-state index contributed by atoms with van der Waals surface area (Å²) in [7, 11) is -4.64. The molecule has 0 bridgehead atoms. The van der Waals surface area contributed by atoms with Crippen molar-refractivity contribution in [1.82, 2.24) is 0 Å². The average molecular weight is 844 g/mol. The SMILES string of the molecule is CC/C=C\C/C=C\C/C=C\C/C=C\C/C=C\C/C=C\CCCCC(=O)OC(COCCCCCCCC/C=C\C/C=C\C/C=C\CC)COP(=O)(O)OCC(N)C(=O)O. The smallest absolute Gasteiger partial charge is 0.472 e. The normalized spacial score (nSPS) is 14.9. The van der Waals surface area contributed by atoms with Crippen molar-refractivity contribution < 1.29 is 42.7 Å². The molecule has 0 amide bonds. The minimum atomic E-state index is -4.64. The predicted molar refractivity (Wildman–Crippen MR) is 244 cm³/mol. The molecule has 0 spiro atoms. The fourth-order valence-corrected chi connectivity index (χ4v) is 5.99. The summed E-state index contributed by atoms with van der Waals surface area (Å²) in [5.41, 5.74) is 5.35. The number of allylic oxidation sites excluding steroid dienone is 18. The van der Waals surface area contributed by atoms with E-state index in [2.05, 4.69) is 123 Å². The molecular formula is C48H78NO9P. The van der Waals surface area contributed by atoms with E-state index in [1.807, 2.05) is 0 Å². The van der Waals surface area contributed by atoms with Crippen molar-refractivity contribution in [1.29, 1.82) is 0 Å². The van der Waals surface area contributed by atoms with Gasteiger partial charge in [-0.15, -0.1) is 0 Å². The van der Waals surface area contributed by atoms with Gasteiger partial charge in [-0.05, 0) is 96.3 Å². The maximum absolute atomic E-state index is 12.6. The van der Waals surface area contributed by atoms with E-state index in [1.54, 1.807) is 0 Å². The average Bonchev–Trinajstić information content (AvgIpc) is 3.21. The molecule has 11 heteroatoms. The summed E-state index contributed by atoms with van der Waals surface area (Å²) in [4.78, 5) is 33.6. The summed E-state index contributed by atoms with van der Waals surface area (Å²) in [5, 5.41) is 8.90. The van der Waals surface area contributed by atoms with E-state index in [0.29, 0.717) is 13.0 Å². The van der Waals surface area contributed by atoms with E-state index < -0.39 is 45.1 Å². The van der Waals surface area contributed by atoms with Crippen molar-refractivity contribution in [3.8, 4) is 0 Å². The van der Waals surface area contributed by atoms with Gasteiger partial charge in [0.1, 0.15) is 12.1 Å². The van der Waals surface area contributed by atoms with E-state index in [9.17, 15) is 19.0 Å². The summed E-state index contributed by atoms with van der Waals surface area (Å²) >= 11 is 0. The Labute approximate surface area is 357 Å². The van der Waals surface area contributed by atoms with Crippen molar-refractivity contribution in [3.05, 3.63) is 109 Å². The van der Waals surface area contributed by atoms with Gasteiger partial charge in [-0.2, -0.15) is 0 Å². The van der Waals surface area contributed by atoms with Crippen LogP contribution in [0.1, 0.15) is 142 Å². The Hall–Kier alpha value is -3.37. The van der Waals surface area contributed by atoms with Gasteiger partial charge in [0.2, 0.25) is 0 Å². The molecule has 0 aliphatic carbocycles. The molecule has 0 aromatic heterocycles. The van der Waals surface area contributed by atoms with E-state index in [0.717, 1.165) is 103 Å². The van der Waals surface area contributed by atoms with Crippen molar-refractivity contribution >= 4 is 19.8 Å². The topological polar surface area (TPSA) is 155 Å². The minimum absolute atomic E-state index is 0.0180. The van der Waals surface area contributed by atoms with Crippen LogP contribution in [0, 0.1) is 0 Å². The number of rotatable bonds is 40. The third-order valence-corrected chi connectivity index (χ3v) is 9.50. The molecule has 0 saturated heterocycles. The fourth-order valence-electron chi connectivity index (χ4n) is 5.21. The lowest BCUT2D eigenvalue weighted by atomic mass is 10.1. The van der Waals surface area contributed by atoms with Gasteiger partial charge in [-0.25, -0.2) is 4.57 Å². The molecule has 0 rings (SSSR count). The second-order valence-corrected chi connectivity index (χ2v) is 15.5. The van der Waals surface area contributed by atoms with Crippen molar-refractivity contribution in [2.75, 3.05) is 26.4 Å². The van der Waals surface area contributed by atoms with Crippen LogP contribution in [-0.2, 0) is 32.7 Å². The number of carbonyl (C=O) groups excluding carboxylic acids is 1. The van der Waals surface area contributed by atoms with Crippen LogP contribution >= 0.6 is 7.82 Å². The van der Waals surface area contributed by atoms with Crippen LogP contribution in [0.25, 0.3) is 0 Å². The van der Waals surface area contributed by atoms with Gasteiger partial charge in [0.25, 0.3) is 0 Å². The standard InChI is InChI=1S/C48H78NO9P/c1-3-5-7-9-11-13-15-17-19-21-22-23-24-25-26-28-30-32-34-36-38-40-47(50)58-45(43-56-59(53,54)57-44-46(49)48(51)52)42-55-41-39-37-35-33-31-29-27-20-18-16-14-12-10-8-6-4-2/h5-8,11-14,17-20,22-23,25-26,30,32,45-46H,3-4,9-10,15-16,21,24,27-29,31,33-44,49H2,1-2H3,(H,51,52)(H,53,54)/b7-5-,8-6-,13-11-,14-12-,19-17-,20-18-,23-22-,26-25-,32-30-. The van der Waals surface area contributed by atoms with Gasteiger partial charge in [-0.3, -0.25) is 18.6 Å². The number of unbranched alkanes of at least 4 members (excludes halogenated alkanes) is 8. The van der Waals surface area contributed by atoms with Crippen LogP contribution in [0.2, 0.25) is 0 Å². The maximum Gasteiger partial charge on any atom is 0.472 e. The summed E-state index contributed by atoms with van der Waals surface area (Å²) < 4.78 is 33.3. The van der Waals surface area contributed by atoms with Crippen LogP contribution in [0.3, 0.4) is 0 Å². The Bertz CT molecular complexity index is 1350. The lowest BCUT2D eigenvalue weighted by Crippen LogP contribution is -2.34. The number of carbonyl (C=O) groups is 2. The highest BCUT2D eigenvalue weighted by Gasteiger charge is 2.27. The summed E-state index contributed by atoms with van der Waals surface area (Å²) in [6, 6.07) is -1.49. The van der Waals surface area contributed by atoms with E-state index in [1.165, 1.54) is 12.8 Å². The summed E-state index contributed by atoms with van der Waals surface area (Å²) in [5.74, 6) is -1.84. The number of carboxylic acids is 1. The molecule has 4 N–H and O–H groups in total. The van der Waals surface area contributed by atoms with E-state index in [4.69, 9.17) is 29.4 Å². The molecule has 0 aromatic carbocycles. The molecule has 10 nitrogen and oxygen atoms in total. The Morgan fingerprint density at radius 3 is 1.39 bits per heavy atom. The van der Waals surface area contributed by atoms with Crippen molar-refractivity contribution in [2.45, 2.75) is 154 Å². The molecule has 334 valence electrons. The predicted octanol–water partition coefficient (Wildman–Crippen LogP) is 12.3. The lowest BCUT2D eigenvalue weighted by molar-refractivity contribution is -0.154. The largest absolute Gasteiger partial charge is 0.480 e. The monoisotopic (exact) mass is 844 g/mol. The number of phosphoric ester groups is 1. The highest BCUT2D eigenvalue weighted by atomic mass is 31.2. The molecule has 0 aliphatic heterocycles. The summed E-state index contributed by atoms with van der Waals surface area (Å²) in [6.45, 7) is 3.54. The third kappa shape index (κ3) is 42.6. The zero-order chi connectivity index (χ0) is 43.3. The Balaban J connectivity index is 4.38. The number of hydrogen-bond donors (Lipinski definition) is 3. The molecule has 3 unspecified atom stereocenters. The van der Waals surface area contributed by atoms with Crippen LogP contribution in [-0.4, -0.2) is 60.5 Å². The molecule has 59 heavy (non-hydrogen) atoms. The van der Waals surface area contributed by atoms with Crippen LogP contribution < -0.4 is 5.73 Å². The number of carboxylic acid groups (broad SMARTS) is 1. The van der Waals surface area contributed by atoms with Gasteiger partial charge in [0.05, 0.1) is 19.8 Å². The first-order valence-electron chi connectivity index (χ1n) is 21.9. The highest BCUT2D eigenvalue weighted by molar-refractivity contribution is 7.47. The van der Waals surface area contributed by atoms with Gasteiger partial charge in [0.15, 0.2) is 0 Å². The van der Waals surface area contributed by atoms with Crippen LogP contribution in [0.5, 0.6) is 0 Å². The quantitative estimate of drug-likeness (QED) is 0.0235. The van der Waals surface area contributed by atoms with Crippen molar-refractivity contribution in [2.24, 2.45) is 5.73 Å². The molecule has 0 saturated carbocycles. The zero-order valence-corrected chi connectivity index (χ0v) is 37.2. The molecule has 0 fully saturated rings. The number of nitrogens with two attached hydrogens (primary N) is 1. The number of ether oxygens (including phenoxy) is 2. The van der Waals surface area contributed by atoms with Gasteiger partial charge >= 0.3 is 19.8 Å². The first kappa shape index (κ1) is 55.6. The molecular weight excluding hydrogens is 766 g/mol. The van der Waals surface area contributed by atoms with Gasteiger partial charge in [0, 0.05) is 13.0 Å². The highest BCUT2D eigenvalue weighted by Crippen LogP contribution is 2.43. The molecule has 0 aromatic rings. The van der Waals surface area contributed by atoms with Crippen LogP contribution in [0.4, 0.5) is 0 Å². The molecule has 0 aliphatic rings. The molecule has 0 heterocycles. The number of esters is 1. The first-order valence-corrected chi connectivity index (χ1v) is 23.4. The number of hydrogen-bond acceptors (Lipinski definition) is 8. The van der Waals surface area contributed by atoms with Crippen LogP contribution in [0.15, 0.2) is 109 Å². The molecule has 0 radical (unpaired) electrons. The minimum Gasteiger partial charge on any atom is -0.480 e.